The highest BCUT2D eigenvalue weighted by Gasteiger charge is 2.43. The van der Waals surface area contributed by atoms with Gasteiger partial charge in [0.25, 0.3) is 10.1 Å². The summed E-state index contributed by atoms with van der Waals surface area (Å²) in [4.78, 5) is 11.5. The van der Waals surface area contributed by atoms with E-state index >= 15 is 0 Å². The lowest BCUT2D eigenvalue weighted by Crippen LogP contribution is -2.38. The highest BCUT2D eigenvalue weighted by atomic mass is 35.5. The molecule has 0 saturated carbocycles. The van der Waals surface area contributed by atoms with E-state index < -0.39 is 21.7 Å². The Bertz CT molecular complexity index is 789. The molecule has 2 rings (SSSR count). The lowest BCUT2D eigenvalue weighted by molar-refractivity contribution is -0.154. The lowest BCUT2D eigenvalue weighted by Gasteiger charge is -2.25. The molecule has 116 valence electrons. The number of aliphatic carboxylic acids is 1. The van der Waals surface area contributed by atoms with Crippen LogP contribution in [0.1, 0.15) is 12.5 Å². The minimum Gasteiger partial charge on any atom is -0.479 e. The second-order valence-electron chi connectivity index (χ2n) is 4.67. The normalized spacial score (nSPS) is 14.3. The number of halogens is 1. The third kappa shape index (κ3) is 3.14. The molecule has 0 aromatic heterocycles. The molecule has 0 aliphatic carbocycles. The van der Waals surface area contributed by atoms with E-state index in [1.807, 2.05) is 0 Å². The number of rotatable bonds is 5. The average Bonchev–Trinajstić information content (AvgIpc) is 2.48. The zero-order chi connectivity index (χ0) is 16.4. The van der Waals surface area contributed by atoms with Gasteiger partial charge in [-0.05, 0) is 25.1 Å². The summed E-state index contributed by atoms with van der Waals surface area (Å²) in [6.07, 6.45) is 0. The first-order valence-corrected chi connectivity index (χ1v) is 8.05. The smallest absolute Gasteiger partial charge is 0.342 e. The van der Waals surface area contributed by atoms with Crippen LogP contribution in [0.3, 0.4) is 0 Å². The summed E-state index contributed by atoms with van der Waals surface area (Å²) in [6, 6.07) is 13.4. The Morgan fingerprint density at radius 1 is 1.09 bits per heavy atom. The molecule has 1 N–H and O–H groups in total. The Hall–Kier alpha value is -1.89. The summed E-state index contributed by atoms with van der Waals surface area (Å²) < 4.78 is 29.6. The molecule has 0 spiro atoms. The van der Waals surface area contributed by atoms with E-state index in [1.54, 1.807) is 18.2 Å². The molecule has 0 bridgehead atoms. The second kappa shape index (κ2) is 6.08. The summed E-state index contributed by atoms with van der Waals surface area (Å²) >= 11 is 5.99. The molecule has 2 aromatic rings. The van der Waals surface area contributed by atoms with Crippen molar-refractivity contribution in [1.29, 1.82) is 0 Å². The Morgan fingerprint density at radius 2 is 1.64 bits per heavy atom. The molecule has 1 atom stereocenters. The molecule has 22 heavy (non-hydrogen) atoms. The lowest BCUT2D eigenvalue weighted by atomic mass is 9.96. The summed E-state index contributed by atoms with van der Waals surface area (Å²) in [5.74, 6) is -1.46. The van der Waals surface area contributed by atoms with Gasteiger partial charge < -0.3 is 5.11 Å². The molecule has 5 nitrogen and oxygen atoms in total. The maximum absolute atomic E-state index is 12.3. The molecule has 0 unspecified atom stereocenters. The first kappa shape index (κ1) is 16.5. The Labute approximate surface area is 133 Å². The number of carboxylic acids is 1. The molecule has 7 heteroatoms. The van der Waals surface area contributed by atoms with Gasteiger partial charge >= 0.3 is 5.97 Å². The molecule has 2 aromatic carbocycles. The number of carboxylic acid groups (broad SMARTS) is 1. The van der Waals surface area contributed by atoms with Crippen LogP contribution in [0.5, 0.6) is 0 Å². The number of benzene rings is 2. The van der Waals surface area contributed by atoms with Gasteiger partial charge in [-0.2, -0.15) is 8.42 Å². The highest BCUT2D eigenvalue weighted by Crippen LogP contribution is 2.34. The van der Waals surface area contributed by atoms with Crippen molar-refractivity contribution in [2.45, 2.75) is 17.4 Å². The minimum atomic E-state index is -4.27. The van der Waals surface area contributed by atoms with Gasteiger partial charge in [-0.3, -0.25) is 0 Å². The van der Waals surface area contributed by atoms with Gasteiger partial charge in [0.1, 0.15) is 0 Å². The molecular weight excluding hydrogens is 328 g/mol. The minimum absolute atomic E-state index is 0.0590. The maximum Gasteiger partial charge on any atom is 0.342 e. The molecule has 0 aliphatic heterocycles. The Balaban J connectivity index is 2.51. The van der Waals surface area contributed by atoms with Crippen molar-refractivity contribution in [1.82, 2.24) is 0 Å². The third-order valence-corrected chi connectivity index (χ3v) is 4.84. The summed E-state index contributed by atoms with van der Waals surface area (Å²) in [5, 5.41) is 9.58. The second-order valence-corrected chi connectivity index (χ2v) is 6.62. The van der Waals surface area contributed by atoms with E-state index in [1.165, 1.54) is 36.4 Å². The van der Waals surface area contributed by atoms with Gasteiger partial charge in [0.15, 0.2) is 0 Å². The molecule has 0 heterocycles. The van der Waals surface area contributed by atoms with Gasteiger partial charge in [0, 0.05) is 10.6 Å². The monoisotopic (exact) mass is 340 g/mol. The van der Waals surface area contributed by atoms with E-state index in [0.29, 0.717) is 0 Å². The van der Waals surface area contributed by atoms with Crippen molar-refractivity contribution in [2.24, 2.45) is 0 Å². The summed E-state index contributed by atoms with van der Waals surface area (Å²) in [7, 11) is -4.27. The largest absolute Gasteiger partial charge is 0.479 e. The quantitative estimate of drug-likeness (QED) is 0.846. The molecule has 0 aliphatic rings. The van der Waals surface area contributed by atoms with Crippen LogP contribution in [0.4, 0.5) is 0 Å². The standard InChI is InChI=1S/C15H13ClO5S/c1-15(14(17)18,12-9-5-6-10-13(12)16)21-22(19,20)11-7-3-2-4-8-11/h2-10H,1H3,(H,17,18)/t15-/m1/s1. The van der Waals surface area contributed by atoms with E-state index in [2.05, 4.69) is 0 Å². The molecule has 0 fully saturated rings. The zero-order valence-corrected chi connectivity index (χ0v) is 13.1. The van der Waals surface area contributed by atoms with Gasteiger partial charge in [-0.15, -0.1) is 0 Å². The number of hydrogen-bond acceptors (Lipinski definition) is 4. The summed E-state index contributed by atoms with van der Waals surface area (Å²) in [6.45, 7) is 1.15. The third-order valence-electron chi connectivity index (χ3n) is 3.10. The molecule has 0 saturated heterocycles. The van der Waals surface area contributed by atoms with Crippen molar-refractivity contribution < 1.29 is 22.5 Å². The number of hydrogen-bond donors (Lipinski definition) is 1. The molecule has 0 radical (unpaired) electrons. The highest BCUT2D eigenvalue weighted by molar-refractivity contribution is 7.86. The fourth-order valence-electron chi connectivity index (χ4n) is 1.90. The van der Waals surface area contributed by atoms with Crippen LogP contribution in [-0.2, 0) is 24.7 Å². The van der Waals surface area contributed by atoms with Crippen molar-refractivity contribution in [3.8, 4) is 0 Å². The van der Waals surface area contributed by atoms with E-state index in [4.69, 9.17) is 15.8 Å². The van der Waals surface area contributed by atoms with Gasteiger partial charge in [0.05, 0.1) is 4.90 Å². The van der Waals surface area contributed by atoms with Gasteiger partial charge in [-0.25, -0.2) is 8.98 Å². The van der Waals surface area contributed by atoms with Crippen LogP contribution < -0.4 is 0 Å². The van der Waals surface area contributed by atoms with Crippen molar-refractivity contribution in [3.05, 3.63) is 65.2 Å². The van der Waals surface area contributed by atoms with Crippen LogP contribution in [0, 0.1) is 0 Å². The number of carbonyl (C=O) groups is 1. The first-order chi connectivity index (χ1) is 10.3. The summed E-state index contributed by atoms with van der Waals surface area (Å²) in [5.41, 5.74) is -2.07. The van der Waals surface area contributed by atoms with Crippen LogP contribution in [0.2, 0.25) is 5.02 Å². The Morgan fingerprint density at radius 3 is 2.18 bits per heavy atom. The van der Waals surface area contributed by atoms with Crippen LogP contribution in [-0.4, -0.2) is 19.5 Å². The maximum atomic E-state index is 12.3. The van der Waals surface area contributed by atoms with Crippen LogP contribution in [0.15, 0.2) is 59.5 Å². The Kier molecular flexibility index (Phi) is 4.55. The predicted molar refractivity (Wildman–Crippen MR) is 81.2 cm³/mol. The van der Waals surface area contributed by atoms with Crippen molar-refractivity contribution in [3.63, 3.8) is 0 Å². The molecular formula is C15H13ClO5S. The fourth-order valence-corrected chi connectivity index (χ4v) is 3.40. The predicted octanol–water partition coefficient (Wildman–Crippen LogP) is 3.05. The van der Waals surface area contributed by atoms with Crippen LogP contribution in [0.25, 0.3) is 0 Å². The topological polar surface area (TPSA) is 80.7 Å². The van der Waals surface area contributed by atoms with E-state index in [9.17, 15) is 18.3 Å². The van der Waals surface area contributed by atoms with Gasteiger partial charge in [-0.1, -0.05) is 48.0 Å². The van der Waals surface area contributed by atoms with Crippen molar-refractivity contribution in [2.75, 3.05) is 0 Å². The average molecular weight is 341 g/mol. The fraction of sp³-hybridized carbons (Fsp3) is 0.133. The van der Waals surface area contributed by atoms with Gasteiger partial charge in [0.2, 0.25) is 5.60 Å². The SMILES string of the molecule is C[C@](OS(=O)(=O)c1ccccc1)(C(=O)O)c1ccccc1Cl. The zero-order valence-electron chi connectivity index (χ0n) is 11.6. The molecule has 0 amide bonds. The van der Waals surface area contributed by atoms with Crippen molar-refractivity contribution >= 4 is 27.7 Å². The van der Waals surface area contributed by atoms with E-state index in [0.717, 1.165) is 6.92 Å². The van der Waals surface area contributed by atoms with E-state index in [-0.39, 0.29) is 15.5 Å². The van der Waals surface area contributed by atoms with Crippen LogP contribution >= 0.6 is 11.6 Å². The first-order valence-electron chi connectivity index (χ1n) is 6.26.